The van der Waals surface area contributed by atoms with Crippen molar-refractivity contribution in [3.8, 4) is 11.5 Å². The molecule has 1 aliphatic heterocycles. The summed E-state index contributed by atoms with van der Waals surface area (Å²) in [6.45, 7) is 2.05. The fourth-order valence-corrected chi connectivity index (χ4v) is 3.40. The minimum Gasteiger partial charge on any atom is -0.507 e. The van der Waals surface area contributed by atoms with E-state index < -0.39 is 28.9 Å². The predicted molar refractivity (Wildman–Crippen MR) is 96.9 cm³/mol. The van der Waals surface area contributed by atoms with E-state index in [0.717, 1.165) is 43.3 Å². The predicted octanol–water partition coefficient (Wildman–Crippen LogP) is 3.25. The first kappa shape index (κ1) is 19.1. The summed E-state index contributed by atoms with van der Waals surface area (Å²) in [7, 11) is 1.59. The molecule has 2 aromatic carbocycles. The summed E-state index contributed by atoms with van der Waals surface area (Å²) in [5, 5.41) is 12.4. The Labute approximate surface area is 156 Å². The fourth-order valence-electron chi connectivity index (χ4n) is 3.40. The first-order valence-electron chi connectivity index (χ1n) is 8.84. The van der Waals surface area contributed by atoms with Gasteiger partial charge < -0.3 is 15.2 Å². The second kappa shape index (κ2) is 8.35. The van der Waals surface area contributed by atoms with Crippen molar-refractivity contribution >= 4 is 5.91 Å². The SMILES string of the molecule is COc1ccc(C(CNC(=O)c2c(O)cc(F)cc2F)N2CCCC2)cc1. The molecular formula is C20H22F2N2O3. The maximum Gasteiger partial charge on any atom is 0.258 e. The molecule has 2 N–H and O–H groups in total. The number of methoxy groups -OCH3 is 1. The van der Waals surface area contributed by atoms with Gasteiger partial charge in [0.1, 0.15) is 28.7 Å². The minimum absolute atomic E-state index is 0.0898. The van der Waals surface area contributed by atoms with Crippen LogP contribution in [0.1, 0.15) is 34.8 Å². The quantitative estimate of drug-likeness (QED) is 0.813. The van der Waals surface area contributed by atoms with Crippen LogP contribution in [0.3, 0.4) is 0 Å². The van der Waals surface area contributed by atoms with Crippen molar-refractivity contribution in [1.29, 1.82) is 0 Å². The van der Waals surface area contributed by atoms with Gasteiger partial charge in [0.05, 0.1) is 13.2 Å². The number of nitrogens with zero attached hydrogens (tertiary/aromatic N) is 1. The Hall–Kier alpha value is -2.67. The van der Waals surface area contributed by atoms with Crippen molar-refractivity contribution < 1.29 is 23.4 Å². The first-order chi connectivity index (χ1) is 13.0. The molecule has 144 valence electrons. The van der Waals surface area contributed by atoms with Gasteiger partial charge in [0.15, 0.2) is 0 Å². The van der Waals surface area contributed by atoms with Gasteiger partial charge in [-0.2, -0.15) is 0 Å². The van der Waals surface area contributed by atoms with Gasteiger partial charge in [-0.25, -0.2) is 8.78 Å². The number of phenols is 1. The third kappa shape index (κ3) is 4.36. The van der Waals surface area contributed by atoms with E-state index >= 15 is 0 Å². The Kier molecular flexibility index (Phi) is 5.91. The molecule has 1 unspecified atom stereocenters. The Bertz CT molecular complexity index is 782. The maximum atomic E-state index is 13.9. The van der Waals surface area contributed by atoms with E-state index in [-0.39, 0.29) is 12.6 Å². The van der Waals surface area contributed by atoms with Crippen LogP contribution in [0.25, 0.3) is 0 Å². The third-order valence-corrected chi connectivity index (χ3v) is 4.80. The molecule has 2 aromatic rings. The number of halogens is 2. The lowest BCUT2D eigenvalue weighted by molar-refractivity contribution is 0.0931. The fraction of sp³-hybridized carbons (Fsp3) is 0.350. The third-order valence-electron chi connectivity index (χ3n) is 4.80. The number of carbonyl (C=O) groups excluding carboxylic acids is 1. The van der Waals surface area contributed by atoms with Crippen LogP contribution in [0.15, 0.2) is 36.4 Å². The normalized spacial score (nSPS) is 15.5. The maximum absolute atomic E-state index is 13.9. The minimum atomic E-state index is -1.09. The molecule has 0 aromatic heterocycles. The van der Waals surface area contributed by atoms with Gasteiger partial charge in [0.25, 0.3) is 5.91 Å². The Morgan fingerprint density at radius 2 is 1.89 bits per heavy atom. The molecule has 0 saturated carbocycles. The largest absolute Gasteiger partial charge is 0.507 e. The molecule has 27 heavy (non-hydrogen) atoms. The number of aromatic hydroxyl groups is 1. The van der Waals surface area contributed by atoms with Crippen molar-refractivity contribution in [3.05, 3.63) is 59.2 Å². The first-order valence-corrected chi connectivity index (χ1v) is 8.84. The van der Waals surface area contributed by atoms with Crippen molar-refractivity contribution in [2.45, 2.75) is 18.9 Å². The average molecular weight is 376 g/mol. The molecule has 0 bridgehead atoms. The Morgan fingerprint density at radius 3 is 2.48 bits per heavy atom. The van der Waals surface area contributed by atoms with Gasteiger partial charge >= 0.3 is 0 Å². The summed E-state index contributed by atoms with van der Waals surface area (Å²) in [6.07, 6.45) is 2.15. The number of carbonyl (C=O) groups is 1. The second-order valence-corrected chi connectivity index (χ2v) is 6.52. The molecule has 5 nitrogen and oxygen atoms in total. The molecule has 1 fully saturated rings. The van der Waals surface area contributed by atoms with E-state index in [1.807, 2.05) is 24.3 Å². The number of hydrogen-bond acceptors (Lipinski definition) is 4. The number of hydrogen-bond donors (Lipinski definition) is 2. The van der Waals surface area contributed by atoms with Crippen molar-refractivity contribution in [2.24, 2.45) is 0 Å². The summed E-state index contributed by atoms with van der Waals surface area (Å²) >= 11 is 0. The number of amides is 1. The van der Waals surface area contributed by atoms with Gasteiger partial charge in [-0.05, 0) is 43.6 Å². The Balaban J connectivity index is 1.77. The van der Waals surface area contributed by atoms with Crippen LogP contribution in [0.4, 0.5) is 8.78 Å². The lowest BCUT2D eigenvalue weighted by Gasteiger charge is -2.28. The summed E-state index contributed by atoms with van der Waals surface area (Å²) in [6, 6.07) is 8.79. The summed E-state index contributed by atoms with van der Waals surface area (Å²) in [5.74, 6) is -2.78. The number of rotatable bonds is 6. The van der Waals surface area contributed by atoms with Crippen LogP contribution in [0, 0.1) is 11.6 Å². The molecule has 1 saturated heterocycles. The van der Waals surface area contributed by atoms with Crippen LogP contribution >= 0.6 is 0 Å². The molecule has 0 radical (unpaired) electrons. The van der Waals surface area contributed by atoms with Crippen LogP contribution in [-0.2, 0) is 0 Å². The van der Waals surface area contributed by atoms with Crippen molar-refractivity contribution in [2.75, 3.05) is 26.7 Å². The molecule has 0 spiro atoms. The zero-order chi connectivity index (χ0) is 19.4. The van der Waals surface area contributed by atoms with E-state index in [0.29, 0.717) is 6.07 Å². The van der Waals surface area contributed by atoms with E-state index in [4.69, 9.17) is 4.74 Å². The van der Waals surface area contributed by atoms with E-state index in [1.165, 1.54) is 0 Å². The lowest BCUT2D eigenvalue weighted by Crippen LogP contribution is -2.37. The van der Waals surface area contributed by atoms with Crippen LogP contribution in [0.2, 0.25) is 0 Å². The molecular weight excluding hydrogens is 354 g/mol. The highest BCUT2D eigenvalue weighted by atomic mass is 19.1. The zero-order valence-corrected chi connectivity index (χ0v) is 15.0. The number of ether oxygens (including phenoxy) is 1. The zero-order valence-electron chi connectivity index (χ0n) is 15.0. The highest BCUT2D eigenvalue weighted by Crippen LogP contribution is 2.27. The van der Waals surface area contributed by atoms with Gasteiger partial charge in [0.2, 0.25) is 0 Å². The van der Waals surface area contributed by atoms with Crippen LogP contribution in [-0.4, -0.2) is 42.7 Å². The highest BCUT2D eigenvalue weighted by Gasteiger charge is 2.25. The number of likely N-dealkylation sites (tertiary alicyclic amines) is 1. The van der Waals surface area contributed by atoms with Crippen LogP contribution < -0.4 is 10.1 Å². The summed E-state index contributed by atoms with van der Waals surface area (Å²) < 4.78 is 32.2. The van der Waals surface area contributed by atoms with Crippen molar-refractivity contribution in [1.82, 2.24) is 10.2 Å². The number of nitrogens with one attached hydrogen (secondary N) is 1. The van der Waals surface area contributed by atoms with Gasteiger partial charge in [-0.3, -0.25) is 9.69 Å². The van der Waals surface area contributed by atoms with Crippen LogP contribution in [0.5, 0.6) is 11.5 Å². The topological polar surface area (TPSA) is 61.8 Å². The molecule has 3 rings (SSSR count). The summed E-state index contributed by atoms with van der Waals surface area (Å²) in [5.41, 5.74) is 0.452. The monoisotopic (exact) mass is 376 g/mol. The highest BCUT2D eigenvalue weighted by molar-refractivity contribution is 5.97. The second-order valence-electron chi connectivity index (χ2n) is 6.52. The van der Waals surface area contributed by atoms with Gasteiger partial charge in [-0.1, -0.05) is 12.1 Å². The summed E-state index contributed by atoms with van der Waals surface area (Å²) in [4.78, 5) is 14.6. The Morgan fingerprint density at radius 1 is 1.22 bits per heavy atom. The van der Waals surface area contributed by atoms with E-state index in [9.17, 15) is 18.7 Å². The molecule has 1 amide bonds. The number of phenolic OH excluding ortho intramolecular Hbond substituents is 1. The van der Waals surface area contributed by atoms with Crippen molar-refractivity contribution in [3.63, 3.8) is 0 Å². The van der Waals surface area contributed by atoms with Gasteiger partial charge in [0, 0.05) is 18.7 Å². The molecule has 1 aliphatic rings. The lowest BCUT2D eigenvalue weighted by atomic mass is 10.0. The standard InChI is InChI=1S/C20H22F2N2O3/c1-27-15-6-4-13(5-7-15)17(24-8-2-3-9-24)12-23-20(26)19-16(22)10-14(21)11-18(19)25/h4-7,10-11,17,25H,2-3,8-9,12H2,1H3,(H,23,26). The average Bonchev–Trinajstić information content (AvgIpc) is 3.16. The molecule has 0 aliphatic carbocycles. The molecule has 1 atom stereocenters. The van der Waals surface area contributed by atoms with E-state index in [2.05, 4.69) is 10.2 Å². The molecule has 7 heteroatoms. The smallest absolute Gasteiger partial charge is 0.258 e. The molecule has 1 heterocycles. The van der Waals surface area contributed by atoms with Gasteiger partial charge in [-0.15, -0.1) is 0 Å². The number of benzene rings is 2. The van der Waals surface area contributed by atoms with E-state index in [1.54, 1.807) is 7.11 Å².